The molecule has 0 atom stereocenters. The average molecular weight is 174 g/mol. The van der Waals surface area contributed by atoms with E-state index in [0.29, 0.717) is 0 Å². The van der Waals surface area contributed by atoms with E-state index in [-0.39, 0.29) is 0 Å². The number of rotatable bonds is 2. The summed E-state index contributed by atoms with van der Waals surface area (Å²) in [7, 11) is -1.83. The summed E-state index contributed by atoms with van der Waals surface area (Å²) in [6, 6.07) is 1.30. The lowest BCUT2D eigenvalue weighted by molar-refractivity contribution is -0.309. The molecule has 5 nitrogen and oxygen atoms in total. The SMILES string of the molecule is CN(C)/C=C(\C#N)P(=O)([O-])[O-]. The van der Waals surface area contributed by atoms with Gasteiger partial charge in [-0.25, -0.2) is 0 Å². The normalized spacial score (nSPS) is 12.5. The third-order valence-corrected chi connectivity index (χ3v) is 1.60. The first-order chi connectivity index (χ1) is 4.88. The fourth-order valence-electron chi connectivity index (χ4n) is 0.405. The molecule has 0 aliphatic carbocycles. The second-order valence-electron chi connectivity index (χ2n) is 2.09. The van der Waals surface area contributed by atoms with Gasteiger partial charge in [-0.15, -0.1) is 0 Å². The first kappa shape index (κ1) is 10.2. The van der Waals surface area contributed by atoms with Gasteiger partial charge >= 0.3 is 0 Å². The second-order valence-corrected chi connectivity index (χ2v) is 3.56. The lowest BCUT2D eigenvalue weighted by Crippen LogP contribution is -2.16. The largest absolute Gasteiger partial charge is 0.807 e. The van der Waals surface area contributed by atoms with Gasteiger partial charge in [0.1, 0.15) is 6.07 Å². The van der Waals surface area contributed by atoms with Gasteiger partial charge in [-0.05, 0) is 7.60 Å². The van der Waals surface area contributed by atoms with Crippen LogP contribution >= 0.6 is 7.60 Å². The standard InChI is InChI=1S/C5H9N2O3P/c1-7(2)4-5(3-6)11(8,9)10/h4H,1-2H3,(H2,8,9,10)/p-2/b5-4+. The Morgan fingerprint density at radius 2 is 2.09 bits per heavy atom. The first-order valence-electron chi connectivity index (χ1n) is 2.69. The lowest BCUT2D eigenvalue weighted by Gasteiger charge is -2.28. The van der Waals surface area contributed by atoms with Crippen molar-refractivity contribution < 1.29 is 14.4 Å². The molecule has 0 aliphatic rings. The van der Waals surface area contributed by atoms with Crippen molar-refractivity contribution in [3.8, 4) is 6.07 Å². The van der Waals surface area contributed by atoms with E-state index in [1.54, 1.807) is 0 Å². The molecule has 0 fully saturated rings. The predicted molar refractivity (Wildman–Crippen MR) is 35.0 cm³/mol. The Morgan fingerprint density at radius 1 is 1.64 bits per heavy atom. The molecule has 0 radical (unpaired) electrons. The summed E-state index contributed by atoms with van der Waals surface area (Å²) in [6.07, 6.45) is 0.973. The van der Waals surface area contributed by atoms with E-state index < -0.39 is 12.9 Å². The summed E-state index contributed by atoms with van der Waals surface area (Å²) in [5.74, 6) is 0. The number of hydrogen-bond donors (Lipinski definition) is 0. The number of nitriles is 1. The van der Waals surface area contributed by atoms with Crippen molar-refractivity contribution in [3.05, 3.63) is 11.5 Å². The van der Waals surface area contributed by atoms with Crippen LogP contribution < -0.4 is 9.79 Å². The Kier molecular flexibility index (Phi) is 3.27. The summed E-state index contributed by atoms with van der Waals surface area (Å²) in [5.41, 5.74) is 0. The van der Waals surface area contributed by atoms with Gasteiger partial charge in [-0.2, -0.15) is 5.26 Å². The Morgan fingerprint density at radius 3 is 2.18 bits per heavy atom. The van der Waals surface area contributed by atoms with Crippen LogP contribution in [0.3, 0.4) is 0 Å². The molecule has 0 aromatic carbocycles. The summed E-state index contributed by atoms with van der Waals surface area (Å²) in [5, 5.41) is 7.45. The molecule has 0 saturated carbocycles. The fourth-order valence-corrected chi connectivity index (χ4v) is 0.900. The van der Waals surface area contributed by atoms with Crippen LogP contribution in [0.4, 0.5) is 0 Å². The highest BCUT2D eigenvalue weighted by molar-refractivity contribution is 7.54. The summed E-state index contributed by atoms with van der Waals surface area (Å²) in [4.78, 5) is 21.8. The fraction of sp³-hybridized carbons (Fsp3) is 0.400. The zero-order valence-electron chi connectivity index (χ0n) is 6.14. The molecule has 0 aromatic heterocycles. The van der Waals surface area contributed by atoms with Crippen LogP contribution in [0.25, 0.3) is 0 Å². The lowest BCUT2D eigenvalue weighted by atomic mass is 10.6. The zero-order valence-corrected chi connectivity index (χ0v) is 7.04. The molecule has 11 heavy (non-hydrogen) atoms. The minimum Gasteiger partial charge on any atom is -0.807 e. The summed E-state index contributed by atoms with van der Waals surface area (Å²) in [6.45, 7) is 0. The monoisotopic (exact) mass is 174 g/mol. The molecule has 0 unspecified atom stereocenters. The van der Waals surface area contributed by atoms with Gasteiger partial charge in [0, 0.05) is 20.3 Å². The van der Waals surface area contributed by atoms with Crippen LogP contribution in [0.15, 0.2) is 11.5 Å². The van der Waals surface area contributed by atoms with Crippen molar-refractivity contribution in [1.82, 2.24) is 4.90 Å². The molecule has 0 amide bonds. The molecule has 6 heteroatoms. The van der Waals surface area contributed by atoms with Crippen LogP contribution in [0.5, 0.6) is 0 Å². The second kappa shape index (κ2) is 3.54. The minimum atomic E-state index is -4.87. The topological polar surface area (TPSA) is 90.2 Å². The van der Waals surface area contributed by atoms with Crippen LogP contribution in [-0.2, 0) is 4.57 Å². The minimum absolute atomic E-state index is 0.748. The smallest absolute Gasteiger partial charge is 0.102 e. The van der Waals surface area contributed by atoms with E-state index >= 15 is 0 Å². The molecule has 0 bridgehead atoms. The van der Waals surface area contributed by atoms with Crippen LogP contribution in [0, 0.1) is 11.3 Å². The van der Waals surface area contributed by atoms with Crippen molar-refractivity contribution in [2.24, 2.45) is 0 Å². The number of hydrogen-bond acceptors (Lipinski definition) is 5. The molecule has 0 saturated heterocycles. The molecule has 62 valence electrons. The van der Waals surface area contributed by atoms with E-state index in [2.05, 4.69) is 0 Å². The van der Waals surface area contributed by atoms with Crippen LogP contribution in [0.1, 0.15) is 0 Å². The van der Waals surface area contributed by atoms with E-state index in [0.717, 1.165) is 6.20 Å². The maximum Gasteiger partial charge on any atom is 0.102 e. The van der Waals surface area contributed by atoms with Gasteiger partial charge in [-0.3, -0.25) is 0 Å². The van der Waals surface area contributed by atoms with Gasteiger partial charge in [0.15, 0.2) is 0 Å². The van der Waals surface area contributed by atoms with E-state index in [9.17, 15) is 14.4 Å². The highest BCUT2D eigenvalue weighted by Gasteiger charge is 1.99. The molecular weight excluding hydrogens is 167 g/mol. The molecule has 0 heterocycles. The zero-order chi connectivity index (χ0) is 9.07. The van der Waals surface area contributed by atoms with Crippen molar-refractivity contribution in [3.63, 3.8) is 0 Å². The third-order valence-electron chi connectivity index (χ3n) is 0.790. The van der Waals surface area contributed by atoms with Crippen molar-refractivity contribution in [2.45, 2.75) is 0 Å². The molecular formula is C5H7N2O3P-2. The Bertz CT molecular complexity index is 247. The third kappa shape index (κ3) is 3.79. The molecule has 0 N–H and O–H groups in total. The molecule has 0 rings (SSSR count). The summed E-state index contributed by atoms with van der Waals surface area (Å²) >= 11 is 0. The van der Waals surface area contributed by atoms with Gasteiger partial charge < -0.3 is 19.3 Å². The Hall–Kier alpha value is -0.820. The average Bonchev–Trinajstić information content (AvgIpc) is 1.79. The van der Waals surface area contributed by atoms with Crippen molar-refractivity contribution in [2.75, 3.05) is 14.1 Å². The highest BCUT2D eigenvalue weighted by atomic mass is 31.2. The number of nitrogens with zero attached hydrogens (tertiary/aromatic N) is 2. The van der Waals surface area contributed by atoms with Gasteiger partial charge in [-0.1, -0.05) is 0 Å². The maximum atomic E-state index is 10.3. The van der Waals surface area contributed by atoms with Crippen molar-refractivity contribution >= 4 is 7.60 Å². The maximum absolute atomic E-state index is 10.3. The van der Waals surface area contributed by atoms with Crippen LogP contribution in [0.2, 0.25) is 0 Å². The molecule has 0 aromatic rings. The van der Waals surface area contributed by atoms with Crippen LogP contribution in [-0.4, -0.2) is 19.0 Å². The quantitative estimate of drug-likeness (QED) is 0.388. The Balaban J connectivity index is 4.74. The van der Waals surface area contributed by atoms with Gasteiger partial charge in [0.05, 0.1) is 5.31 Å². The predicted octanol–water partition coefficient (Wildman–Crippen LogP) is -1.17. The van der Waals surface area contributed by atoms with E-state index in [1.807, 2.05) is 0 Å². The van der Waals surface area contributed by atoms with Gasteiger partial charge in [0.25, 0.3) is 0 Å². The first-order valence-corrected chi connectivity index (χ1v) is 4.23. The number of allylic oxidation sites excluding steroid dienone is 1. The van der Waals surface area contributed by atoms with E-state index in [1.165, 1.54) is 25.1 Å². The highest BCUT2D eigenvalue weighted by Crippen LogP contribution is 2.34. The summed E-state index contributed by atoms with van der Waals surface area (Å²) < 4.78 is 10.3. The van der Waals surface area contributed by atoms with Gasteiger partial charge in [0.2, 0.25) is 0 Å². The molecule has 0 aliphatic heterocycles. The van der Waals surface area contributed by atoms with Crippen molar-refractivity contribution in [1.29, 1.82) is 5.26 Å². The molecule has 0 spiro atoms. The Labute approximate surface area is 64.7 Å². The van der Waals surface area contributed by atoms with E-state index in [4.69, 9.17) is 5.26 Å².